The minimum Gasteiger partial charge on any atom is -0.481 e. The molecule has 0 heterocycles. The Morgan fingerprint density at radius 3 is 2.18 bits per heavy atom. The van der Waals surface area contributed by atoms with E-state index in [-0.39, 0.29) is 6.42 Å². The Bertz CT molecular complexity index is 168. The predicted molar refractivity (Wildman–Crippen MR) is 37.0 cm³/mol. The van der Waals surface area contributed by atoms with Gasteiger partial charge in [-0.3, -0.25) is 9.59 Å². The zero-order chi connectivity index (χ0) is 9.02. The van der Waals surface area contributed by atoms with E-state index in [2.05, 4.69) is 0 Å². The molecule has 0 fully saturated rings. The molecule has 0 aromatic rings. The van der Waals surface area contributed by atoms with E-state index >= 15 is 0 Å². The molecule has 0 saturated heterocycles. The van der Waals surface area contributed by atoms with E-state index < -0.39 is 23.9 Å². The number of carboxylic acids is 2. The minimum atomic E-state index is -1.17. The molecule has 5 nitrogen and oxygen atoms in total. The lowest BCUT2D eigenvalue weighted by atomic mass is 10.00. The second-order valence-electron chi connectivity index (χ2n) is 2.44. The Labute approximate surface area is 63.8 Å². The van der Waals surface area contributed by atoms with Gasteiger partial charge >= 0.3 is 11.9 Å². The second-order valence-corrected chi connectivity index (χ2v) is 2.44. The van der Waals surface area contributed by atoms with Crippen molar-refractivity contribution in [2.75, 3.05) is 0 Å². The van der Waals surface area contributed by atoms with Crippen LogP contribution in [-0.4, -0.2) is 28.2 Å². The smallest absolute Gasteiger partial charge is 0.320 e. The molecule has 11 heavy (non-hydrogen) atoms. The maximum atomic E-state index is 10.2. The Kier molecular flexibility index (Phi) is 3.53. The van der Waals surface area contributed by atoms with Crippen molar-refractivity contribution in [3.8, 4) is 0 Å². The van der Waals surface area contributed by atoms with Crippen molar-refractivity contribution in [1.82, 2.24) is 0 Å². The monoisotopic (exact) mass is 161 g/mol. The molecule has 0 spiro atoms. The van der Waals surface area contributed by atoms with Crippen molar-refractivity contribution in [2.45, 2.75) is 19.4 Å². The first-order valence-electron chi connectivity index (χ1n) is 3.15. The molecule has 0 aromatic heterocycles. The zero-order valence-corrected chi connectivity index (χ0v) is 6.15. The van der Waals surface area contributed by atoms with Gasteiger partial charge in [0, 0.05) is 6.42 Å². The summed E-state index contributed by atoms with van der Waals surface area (Å²) in [5.41, 5.74) is 5.15. The van der Waals surface area contributed by atoms with Gasteiger partial charge in [-0.15, -0.1) is 0 Å². The number of hydrogen-bond donors (Lipinski definition) is 3. The summed E-state index contributed by atoms with van der Waals surface area (Å²) in [6.45, 7) is 1.49. The molecule has 0 aliphatic rings. The molecular weight excluding hydrogens is 150 g/mol. The number of nitrogens with two attached hydrogens (primary N) is 1. The van der Waals surface area contributed by atoms with E-state index in [1.54, 1.807) is 0 Å². The van der Waals surface area contributed by atoms with Crippen molar-refractivity contribution in [3.63, 3.8) is 0 Å². The average molecular weight is 161 g/mol. The Morgan fingerprint density at radius 1 is 1.45 bits per heavy atom. The van der Waals surface area contributed by atoms with Gasteiger partial charge < -0.3 is 15.9 Å². The molecule has 4 N–H and O–H groups in total. The van der Waals surface area contributed by atoms with E-state index in [1.165, 1.54) is 6.92 Å². The topological polar surface area (TPSA) is 101 Å². The SMILES string of the molecule is C[C@H](CC(=O)O)[C@H](N)C(=O)O. The van der Waals surface area contributed by atoms with Crippen LogP contribution in [0.25, 0.3) is 0 Å². The van der Waals surface area contributed by atoms with Crippen LogP contribution in [0.3, 0.4) is 0 Å². The van der Waals surface area contributed by atoms with Crippen molar-refractivity contribution in [1.29, 1.82) is 0 Å². The molecule has 5 heteroatoms. The molecule has 64 valence electrons. The molecular formula is C6H11NO4. The Morgan fingerprint density at radius 2 is 1.91 bits per heavy atom. The van der Waals surface area contributed by atoms with Crippen LogP contribution < -0.4 is 5.73 Å². The predicted octanol–water partition coefficient (Wildman–Crippen LogP) is -0.491. The van der Waals surface area contributed by atoms with Crippen LogP contribution >= 0.6 is 0 Å². The molecule has 0 unspecified atom stereocenters. The fourth-order valence-corrected chi connectivity index (χ4v) is 0.646. The highest BCUT2D eigenvalue weighted by Crippen LogP contribution is 2.05. The maximum absolute atomic E-state index is 10.2. The fourth-order valence-electron chi connectivity index (χ4n) is 0.646. The average Bonchev–Trinajstić information content (AvgIpc) is 1.84. The number of rotatable bonds is 4. The van der Waals surface area contributed by atoms with Gasteiger partial charge in [0.05, 0.1) is 0 Å². The summed E-state index contributed by atoms with van der Waals surface area (Å²) < 4.78 is 0. The summed E-state index contributed by atoms with van der Waals surface area (Å²) >= 11 is 0. The van der Waals surface area contributed by atoms with Crippen LogP contribution in [0.4, 0.5) is 0 Å². The van der Waals surface area contributed by atoms with E-state index in [4.69, 9.17) is 15.9 Å². The van der Waals surface area contributed by atoms with Gasteiger partial charge in [0.25, 0.3) is 0 Å². The second kappa shape index (κ2) is 3.92. The molecule has 2 atom stereocenters. The van der Waals surface area contributed by atoms with Crippen LogP contribution in [0.1, 0.15) is 13.3 Å². The molecule has 0 radical (unpaired) electrons. The highest BCUT2D eigenvalue weighted by molar-refractivity contribution is 5.75. The van der Waals surface area contributed by atoms with Crippen LogP contribution in [0.2, 0.25) is 0 Å². The van der Waals surface area contributed by atoms with Gasteiger partial charge in [-0.05, 0) is 5.92 Å². The van der Waals surface area contributed by atoms with Crippen molar-refractivity contribution < 1.29 is 19.8 Å². The molecule has 0 bridgehead atoms. The third kappa shape index (κ3) is 3.57. The van der Waals surface area contributed by atoms with E-state index in [9.17, 15) is 9.59 Å². The van der Waals surface area contributed by atoms with E-state index in [1.807, 2.05) is 0 Å². The summed E-state index contributed by atoms with van der Waals surface area (Å²) in [5, 5.41) is 16.6. The van der Waals surface area contributed by atoms with Crippen molar-refractivity contribution in [3.05, 3.63) is 0 Å². The lowest BCUT2D eigenvalue weighted by molar-refractivity contribution is -0.141. The van der Waals surface area contributed by atoms with Crippen molar-refractivity contribution in [2.24, 2.45) is 11.7 Å². The molecule has 0 amide bonds. The summed E-state index contributed by atoms with van der Waals surface area (Å²) in [6, 6.07) is -1.09. The molecule has 0 aliphatic heterocycles. The highest BCUT2D eigenvalue weighted by Gasteiger charge is 2.21. The summed E-state index contributed by atoms with van der Waals surface area (Å²) in [6.07, 6.45) is -0.215. The van der Waals surface area contributed by atoms with Crippen LogP contribution in [0.15, 0.2) is 0 Å². The van der Waals surface area contributed by atoms with Crippen LogP contribution in [-0.2, 0) is 9.59 Å². The van der Waals surface area contributed by atoms with Crippen LogP contribution in [0, 0.1) is 5.92 Å². The third-order valence-corrected chi connectivity index (χ3v) is 1.39. The first kappa shape index (κ1) is 9.90. The van der Waals surface area contributed by atoms with Crippen molar-refractivity contribution >= 4 is 11.9 Å². The number of aliphatic carboxylic acids is 2. The standard InChI is InChI=1S/C6H11NO4/c1-3(2-4(8)9)5(7)6(10)11/h3,5H,2,7H2,1H3,(H,8,9)(H,10,11)/t3-,5+/m1/s1. The minimum absolute atomic E-state index is 0.215. The van der Waals surface area contributed by atoms with Gasteiger partial charge in [-0.2, -0.15) is 0 Å². The maximum Gasteiger partial charge on any atom is 0.320 e. The third-order valence-electron chi connectivity index (χ3n) is 1.39. The van der Waals surface area contributed by atoms with Gasteiger partial charge in [0.2, 0.25) is 0 Å². The van der Waals surface area contributed by atoms with E-state index in [0.717, 1.165) is 0 Å². The lowest BCUT2D eigenvalue weighted by Crippen LogP contribution is -2.37. The first-order chi connectivity index (χ1) is 4.95. The largest absolute Gasteiger partial charge is 0.481 e. The summed E-state index contributed by atoms with van der Waals surface area (Å²) in [7, 11) is 0. The van der Waals surface area contributed by atoms with Gasteiger partial charge in [-0.1, -0.05) is 6.92 Å². The van der Waals surface area contributed by atoms with Gasteiger partial charge in [0.15, 0.2) is 0 Å². The lowest BCUT2D eigenvalue weighted by Gasteiger charge is -2.12. The summed E-state index contributed by atoms with van der Waals surface area (Å²) in [4.78, 5) is 20.3. The molecule has 0 aromatic carbocycles. The quantitative estimate of drug-likeness (QED) is 0.516. The van der Waals surface area contributed by atoms with Gasteiger partial charge in [-0.25, -0.2) is 0 Å². The van der Waals surface area contributed by atoms with Crippen LogP contribution in [0.5, 0.6) is 0 Å². The highest BCUT2D eigenvalue weighted by atomic mass is 16.4. The normalized spacial score (nSPS) is 15.5. The number of hydrogen-bond acceptors (Lipinski definition) is 3. The number of carboxylic acid groups (broad SMARTS) is 2. The zero-order valence-electron chi connectivity index (χ0n) is 6.15. The number of carbonyl (C=O) groups is 2. The molecule has 0 saturated carbocycles. The first-order valence-corrected chi connectivity index (χ1v) is 3.15. The fraction of sp³-hybridized carbons (Fsp3) is 0.667. The Balaban J connectivity index is 3.92. The van der Waals surface area contributed by atoms with Gasteiger partial charge in [0.1, 0.15) is 6.04 Å². The summed E-state index contributed by atoms with van der Waals surface area (Å²) in [5.74, 6) is -2.74. The molecule has 0 rings (SSSR count). The van der Waals surface area contributed by atoms with E-state index in [0.29, 0.717) is 0 Å². The molecule has 0 aliphatic carbocycles. The Hall–Kier alpha value is -1.10.